The van der Waals surface area contributed by atoms with Gasteiger partial charge < -0.3 is 34.4 Å². The van der Waals surface area contributed by atoms with Crippen LogP contribution in [-0.2, 0) is 38.2 Å². The zero-order chi connectivity index (χ0) is 46.8. The van der Waals surface area contributed by atoms with E-state index >= 15 is 0 Å². The van der Waals surface area contributed by atoms with E-state index < -0.39 is 71.7 Å². The number of aliphatic hydroxyl groups is 3. The highest BCUT2D eigenvalue weighted by Crippen LogP contribution is 2.38. The maximum Gasteiger partial charge on any atom is 0.329 e. The SMILES string of the molecule is CO[C@H]1C[C@@H]2CC[C@@H](C)[C@@](O)(O2)C(=O)C(=O)N2CCCCC2C(=O)O[C@H]([C@H](C)C[C@@H]2CC[C@@H](O)[C@H](C)C2)CC(=O)[C@H](C)/C=C(\C)[C@@H](O)[C@@H](C)C(=O)[C@H](C)C[C@H](C)/C=C/C=C/C=C/1C. The van der Waals surface area contributed by atoms with Crippen molar-refractivity contribution in [1.29, 1.82) is 0 Å². The predicted octanol–water partition coefficient (Wildman–Crippen LogP) is 7.42. The van der Waals surface area contributed by atoms with Gasteiger partial charge in [0.1, 0.15) is 23.7 Å². The molecule has 1 unspecified atom stereocenters. The Morgan fingerprint density at radius 1 is 0.873 bits per heavy atom. The highest BCUT2D eigenvalue weighted by molar-refractivity contribution is 6.39. The molecular weight excluding hydrogens is 803 g/mol. The lowest BCUT2D eigenvalue weighted by Gasteiger charge is -2.42. The van der Waals surface area contributed by atoms with Crippen molar-refractivity contribution in [2.45, 2.75) is 182 Å². The largest absolute Gasteiger partial charge is 0.460 e. The summed E-state index contributed by atoms with van der Waals surface area (Å²) in [5, 5.41) is 33.7. The number of hydrogen-bond acceptors (Lipinski definition) is 11. The molecule has 12 nitrogen and oxygen atoms in total. The van der Waals surface area contributed by atoms with Crippen molar-refractivity contribution >= 4 is 29.2 Å². The summed E-state index contributed by atoms with van der Waals surface area (Å²) in [4.78, 5) is 71.5. The minimum Gasteiger partial charge on any atom is -0.460 e. The number of carbonyl (C=O) groups is 5. The van der Waals surface area contributed by atoms with E-state index in [1.54, 1.807) is 40.9 Å². The highest BCUT2D eigenvalue weighted by atomic mass is 16.6. The normalized spacial score (nSPS) is 41.3. The first-order valence-corrected chi connectivity index (χ1v) is 23.8. The first kappa shape index (κ1) is 52.3. The summed E-state index contributed by atoms with van der Waals surface area (Å²) in [5.74, 6) is -7.70. The fourth-order valence-electron chi connectivity index (χ4n) is 10.2. The summed E-state index contributed by atoms with van der Waals surface area (Å²) in [5.41, 5.74) is 1.40. The van der Waals surface area contributed by atoms with Gasteiger partial charge in [0, 0.05) is 50.2 Å². The standard InChI is InChI=1S/C51H79NO11/c1-30-16-12-11-13-17-31(2)44(61-10)28-40-21-19-37(8)51(60,63-40)48(57)49(58)52-23-15-14-18-41(52)50(59)62-45(34(5)27-39-20-22-42(53)33(4)26-39)29-43(54)32(3)25-36(7)47(56)38(9)46(55)35(6)24-30/h11-13,16-17,25,30,32-35,37-42,44-45,47,53,56,60H,14-15,18-24,26-29H2,1-10H3/b13-11+,16-12+,31-17+,36-25+/t30-,32-,33-,34-,35-,37-,38+,39-,40+,41?,42-,44+,45+,47-,51-/m1/s1. The van der Waals surface area contributed by atoms with Crippen LogP contribution in [0.3, 0.4) is 0 Å². The van der Waals surface area contributed by atoms with Gasteiger partial charge in [0.2, 0.25) is 5.79 Å². The summed E-state index contributed by atoms with van der Waals surface area (Å²) >= 11 is 0. The lowest BCUT2D eigenvalue weighted by atomic mass is 9.75. The third kappa shape index (κ3) is 13.9. The molecule has 0 spiro atoms. The fraction of sp³-hybridized carbons (Fsp3) is 0.745. The molecule has 63 heavy (non-hydrogen) atoms. The summed E-state index contributed by atoms with van der Waals surface area (Å²) in [6, 6.07) is -1.10. The molecule has 3 aliphatic heterocycles. The lowest BCUT2D eigenvalue weighted by molar-refractivity contribution is -0.265. The number of amides is 1. The van der Waals surface area contributed by atoms with Gasteiger partial charge in [-0.3, -0.25) is 19.2 Å². The van der Waals surface area contributed by atoms with Crippen LogP contribution in [0.2, 0.25) is 0 Å². The van der Waals surface area contributed by atoms with Gasteiger partial charge in [0.25, 0.3) is 11.7 Å². The van der Waals surface area contributed by atoms with Crippen molar-refractivity contribution in [1.82, 2.24) is 4.90 Å². The number of methoxy groups -OCH3 is 1. The first-order valence-electron chi connectivity index (χ1n) is 23.8. The molecule has 1 saturated carbocycles. The average Bonchev–Trinajstić information content (AvgIpc) is 3.25. The number of aliphatic hydroxyl groups excluding tert-OH is 2. The Balaban J connectivity index is 1.68. The van der Waals surface area contributed by atoms with Gasteiger partial charge in [-0.05, 0) is 113 Å². The minimum absolute atomic E-state index is 0.0599. The van der Waals surface area contributed by atoms with Crippen LogP contribution < -0.4 is 0 Å². The van der Waals surface area contributed by atoms with E-state index in [0.717, 1.165) is 18.4 Å². The monoisotopic (exact) mass is 882 g/mol. The maximum absolute atomic E-state index is 14.3. The summed E-state index contributed by atoms with van der Waals surface area (Å²) < 4.78 is 18.3. The number of piperidine rings is 1. The topological polar surface area (TPSA) is 177 Å². The molecule has 4 rings (SSSR count). The van der Waals surface area contributed by atoms with Crippen LogP contribution in [0.25, 0.3) is 0 Å². The number of hydrogen-bond donors (Lipinski definition) is 3. The van der Waals surface area contributed by atoms with Crippen molar-refractivity contribution in [2.75, 3.05) is 13.7 Å². The second kappa shape index (κ2) is 23.8. The number of carbonyl (C=O) groups excluding carboxylic acids is 5. The molecule has 0 aromatic heterocycles. The third-order valence-electron chi connectivity index (χ3n) is 14.6. The molecule has 4 aliphatic rings. The molecule has 15 atom stereocenters. The molecule has 2 bridgehead atoms. The lowest BCUT2D eigenvalue weighted by Crippen LogP contribution is -2.61. The van der Waals surface area contributed by atoms with Crippen molar-refractivity contribution in [3.63, 3.8) is 0 Å². The number of Topliss-reactive ketones (excluding diaryl/α,β-unsaturated/α-hetero) is 3. The summed E-state index contributed by atoms with van der Waals surface area (Å²) in [7, 11) is 1.59. The Morgan fingerprint density at radius 3 is 2.27 bits per heavy atom. The molecule has 3 fully saturated rings. The number of esters is 1. The summed E-state index contributed by atoms with van der Waals surface area (Å²) in [6.45, 7) is 16.8. The van der Waals surface area contributed by atoms with Crippen LogP contribution in [0.4, 0.5) is 0 Å². The molecule has 1 aliphatic carbocycles. The van der Waals surface area contributed by atoms with Crippen LogP contribution in [0.15, 0.2) is 47.6 Å². The average molecular weight is 882 g/mol. The first-order chi connectivity index (χ1) is 29.7. The van der Waals surface area contributed by atoms with Crippen molar-refractivity contribution in [2.24, 2.45) is 47.3 Å². The van der Waals surface area contributed by atoms with E-state index in [4.69, 9.17) is 14.2 Å². The Kier molecular flexibility index (Phi) is 19.7. The maximum atomic E-state index is 14.3. The van der Waals surface area contributed by atoms with Crippen LogP contribution >= 0.6 is 0 Å². The molecule has 2 saturated heterocycles. The van der Waals surface area contributed by atoms with E-state index in [1.807, 2.05) is 65.0 Å². The van der Waals surface area contributed by atoms with Crippen molar-refractivity contribution in [3.8, 4) is 0 Å². The van der Waals surface area contributed by atoms with Gasteiger partial charge in [0.15, 0.2) is 0 Å². The number of allylic oxidation sites excluding steroid dienone is 6. The van der Waals surface area contributed by atoms with Gasteiger partial charge in [-0.1, -0.05) is 84.9 Å². The predicted molar refractivity (Wildman–Crippen MR) is 242 cm³/mol. The van der Waals surface area contributed by atoms with E-state index in [9.17, 15) is 39.3 Å². The van der Waals surface area contributed by atoms with Gasteiger partial charge >= 0.3 is 5.97 Å². The number of fused-ring (bicyclic) bond motifs is 3. The third-order valence-corrected chi connectivity index (χ3v) is 14.6. The van der Waals surface area contributed by atoms with Crippen LogP contribution in [0.5, 0.6) is 0 Å². The Hall–Kier alpha value is -3.29. The minimum atomic E-state index is -2.41. The molecule has 3 N–H and O–H groups in total. The number of ether oxygens (including phenoxy) is 3. The summed E-state index contributed by atoms with van der Waals surface area (Å²) in [6.07, 6.45) is 14.2. The van der Waals surface area contributed by atoms with E-state index in [0.29, 0.717) is 56.9 Å². The smallest absolute Gasteiger partial charge is 0.329 e. The molecule has 12 heteroatoms. The Bertz CT molecular complexity index is 1720. The zero-order valence-electron chi connectivity index (χ0n) is 39.8. The zero-order valence-corrected chi connectivity index (χ0v) is 39.8. The quantitative estimate of drug-likeness (QED) is 0.146. The van der Waals surface area contributed by atoms with Gasteiger partial charge in [0.05, 0.1) is 24.4 Å². The number of nitrogens with zero attached hydrogens (tertiary/aromatic N) is 1. The van der Waals surface area contributed by atoms with Gasteiger partial charge in [-0.25, -0.2) is 4.79 Å². The van der Waals surface area contributed by atoms with Crippen molar-refractivity contribution in [3.05, 3.63) is 47.6 Å². The van der Waals surface area contributed by atoms with Crippen LogP contribution in [0.1, 0.15) is 139 Å². The molecular formula is C51H79NO11. The van der Waals surface area contributed by atoms with Crippen molar-refractivity contribution < 1.29 is 53.5 Å². The van der Waals surface area contributed by atoms with E-state index in [-0.39, 0.29) is 66.6 Å². The van der Waals surface area contributed by atoms with Crippen LogP contribution in [-0.4, -0.2) is 105 Å². The second-order valence-electron chi connectivity index (χ2n) is 19.9. The molecule has 354 valence electrons. The van der Waals surface area contributed by atoms with Crippen LogP contribution in [0, 0.1) is 47.3 Å². The Morgan fingerprint density at radius 2 is 1.59 bits per heavy atom. The van der Waals surface area contributed by atoms with Gasteiger partial charge in [-0.2, -0.15) is 0 Å². The molecule has 1 amide bonds. The second-order valence-corrected chi connectivity index (χ2v) is 19.9. The van der Waals surface area contributed by atoms with E-state index in [1.165, 1.54) is 4.90 Å². The number of cyclic esters (lactones) is 1. The molecule has 0 radical (unpaired) electrons. The highest BCUT2D eigenvalue weighted by Gasteiger charge is 2.53. The van der Waals surface area contributed by atoms with E-state index in [2.05, 4.69) is 0 Å². The number of rotatable bonds is 4. The molecule has 3 heterocycles. The molecule has 0 aromatic rings. The number of ketones is 3. The Labute approximate surface area is 376 Å². The molecule has 0 aromatic carbocycles. The van der Waals surface area contributed by atoms with Gasteiger partial charge in [-0.15, -0.1) is 0 Å². The fourth-order valence-corrected chi connectivity index (χ4v) is 10.2.